The van der Waals surface area contributed by atoms with Crippen molar-refractivity contribution in [2.75, 3.05) is 0 Å². The quantitative estimate of drug-likeness (QED) is 0.804. The second-order valence-electron chi connectivity index (χ2n) is 4.54. The minimum absolute atomic E-state index is 0.218. The van der Waals surface area contributed by atoms with E-state index >= 15 is 0 Å². The summed E-state index contributed by atoms with van der Waals surface area (Å²) in [4.78, 5) is 0. The molecule has 0 aliphatic carbocycles. The molecule has 0 amide bonds. The standard InChI is InChI=1S/C13H19NO/c1-9(14)8-11-4-3-5-13-12(11)7-6-10(2)15-13/h3-5,9-10H,6-8,14H2,1-2H3. The molecule has 15 heavy (non-hydrogen) atoms. The van der Waals surface area contributed by atoms with Crippen LogP contribution in [0.25, 0.3) is 0 Å². The average molecular weight is 205 g/mol. The van der Waals surface area contributed by atoms with Gasteiger partial charge in [-0.1, -0.05) is 12.1 Å². The van der Waals surface area contributed by atoms with Crippen LogP contribution in [-0.2, 0) is 12.8 Å². The van der Waals surface area contributed by atoms with Crippen LogP contribution in [0, 0.1) is 0 Å². The lowest BCUT2D eigenvalue weighted by Crippen LogP contribution is -2.23. The van der Waals surface area contributed by atoms with E-state index in [1.807, 2.05) is 6.92 Å². The molecule has 2 unspecified atom stereocenters. The SMILES string of the molecule is CC(N)Cc1cccc2c1CCC(C)O2. The maximum atomic E-state index is 5.84. The lowest BCUT2D eigenvalue weighted by atomic mass is 9.94. The molecule has 82 valence electrons. The molecule has 2 rings (SSSR count). The lowest BCUT2D eigenvalue weighted by Gasteiger charge is -2.25. The van der Waals surface area contributed by atoms with Crippen molar-refractivity contribution in [2.24, 2.45) is 5.73 Å². The fourth-order valence-corrected chi connectivity index (χ4v) is 2.17. The van der Waals surface area contributed by atoms with Gasteiger partial charge in [0.15, 0.2) is 0 Å². The van der Waals surface area contributed by atoms with Crippen molar-refractivity contribution in [3.05, 3.63) is 29.3 Å². The van der Waals surface area contributed by atoms with Gasteiger partial charge in [0.2, 0.25) is 0 Å². The molecule has 2 heteroatoms. The van der Waals surface area contributed by atoms with Crippen molar-refractivity contribution < 1.29 is 4.74 Å². The number of hydrogen-bond acceptors (Lipinski definition) is 2. The maximum absolute atomic E-state index is 5.84. The van der Waals surface area contributed by atoms with E-state index in [-0.39, 0.29) is 6.04 Å². The fraction of sp³-hybridized carbons (Fsp3) is 0.538. The topological polar surface area (TPSA) is 35.2 Å². The van der Waals surface area contributed by atoms with E-state index in [1.54, 1.807) is 0 Å². The molecular formula is C13H19NO. The van der Waals surface area contributed by atoms with Crippen LogP contribution in [0.1, 0.15) is 31.4 Å². The second kappa shape index (κ2) is 4.23. The summed E-state index contributed by atoms with van der Waals surface area (Å²) >= 11 is 0. The first-order chi connectivity index (χ1) is 7.16. The minimum atomic E-state index is 0.218. The Kier molecular flexibility index (Phi) is 2.96. The molecule has 1 heterocycles. The number of fused-ring (bicyclic) bond motifs is 1. The van der Waals surface area contributed by atoms with Gasteiger partial charge in [0.1, 0.15) is 5.75 Å². The van der Waals surface area contributed by atoms with Crippen LogP contribution in [-0.4, -0.2) is 12.1 Å². The van der Waals surface area contributed by atoms with Crippen LogP contribution in [0.15, 0.2) is 18.2 Å². The summed E-state index contributed by atoms with van der Waals surface area (Å²) in [5.41, 5.74) is 8.57. The number of hydrogen-bond donors (Lipinski definition) is 1. The molecule has 2 atom stereocenters. The molecule has 0 bridgehead atoms. The Morgan fingerprint density at radius 1 is 1.53 bits per heavy atom. The van der Waals surface area contributed by atoms with Crippen molar-refractivity contribution in [1.82, 2.24) is 0 Å². The zero-order valence-electron chi connectivity index (χ0n) is 9.49. The molecule has 0 saturated carbocycles. The number of nitrogens with two attached hydrogens (primary N) is 1. The Morgan fingerprint density at radius 2 is 2.33 bits per heavy atom. The van der Waals surface area contributed by atoms with Crippen molar-refractivity contribution >= 4 is 0 Å². The summed E-state index contributed by atoms with van der Waals surface area (Å²) in [6.45, 7) is 4.17. The summed E-state index contributed by atoms with van der Waals surface area (Å²) in [5, 5.41) is 0. The number of rotatable bonds is 2. The van der Waals surface area contributed by atoms with E-state index in [9.17, 15) is 0 Å². The van der Waals surface area contributed by atoms with E-state index in [0.29, 0.717) is 6.10 Å². The third kappa shape index (κ3) is 2.32. The summed E-state index contributed by atoms with van der Waals surface area (Å²) in [7, 11) is 0. The van der Waals surface area contributed by atoms with Crippen LogP contribution in [0.3, 0.4) is 0 Å². The summed E-state index contributed by atoms with van der Waals surface area (Å²) in [6, 6.07) is 6.52. The highest BCUT2D eigenvalue weighted by atomic mass is 16.5. The Hall–Kier alpha value is -1.02. The van der Waals surface area contributed by atoms with Crippen LogP contribution >= 0.6 is 0 Å². The van der Waals surface area contributed by atoms with Gasteiger partial charge in [-0.15, -0.1) is 0 Å². The Labute approximate surface area is 91.4 Å². The molecular weight excluding hydrogens is 186 g/mol. The predicted octanol–water partition coefficient (Wildman–Crippen LogP) is 2.29. The van der Waals surface area contributed by atoms with Gasteiger partial charge in [-0.2, -0.15) is 0 Å². The third-order valence-electron chi connectivity index (χ3n) is 2.90. The van der Waals surface area contributed by atoms with Gasteiger partial charge in [-0.3, -0.25) is 0 Å². The van der Waals surface area contributed by atoms with Crippen molar-refractivity contribution in [2.45, 2.75) is 45.3 Å². The molecule has 1 aromatic rings. The maximum Gasteiger partial charge on any atom is 0.123 e. The first-order valence-electron chi connectivity index (χ1n) is 5.70. The van der Waals surface area contributed by atoms with Gasteiger partial charge in [0, 0.05) is 6.04 Å². The van der Waals surface area contributed by atoms with Crippen molar-refractivity contribution in [3.8, 4) is 5.75 Å². The molecule has 0 aromatic heterocycles. The van der Waals surface area contributed by atoms with Gasteiger partial charge >= 0.3 is 0 Å². The first kappa shape index (κ1) is 10.5. The van der Waals surface area contributed by atoms with Crippen LogP contribution < -0.4 is 10.5 Å². The highest BCUT2D eigenvalue weighted by molar-refractivity contribution is 5.42. The van der Waals surface area contributed by atoms with E-state index < -0.39 is 0 Å². The van der Waals surface area contributed by atoms with Gasteiger partial charge in [-0.25, -0.2) is 0 Å². The van der Waals surface area contributed by atoms with Gasteiger partial charge in [0.05, 0.1) is 6.10 Å². The van der Waals surface area contributed by atoms with E-state index in [1.165, 1.54) is 11.1 Å². The first-order valence-corrected chi connectivity index (χ1v) is 5.70. The van der Waals surface area contributed by atoms with E-state index in [2.05, 4.69) is 25.1 Å². The summed E-state index contributed by atoms with van der Waals surface area (Å²) < 4.78 is 5.81. The average Bonchev–Trinajstić information content (AvgIpc) is 2.16. The molecule has 0 radical (unpaired) electrons. The molecule has 0 saturated heterocycles. The Morgan fingerprint density at radius 3 is 3.07 bits per heavy atom. The van der Waals surface area contributed by atoms with Crippen LogP contribution in [0.4, 0.5) is 0 Å². The summed E-state index contributed by atoms with van der Waals surface area (Å²) in [5.74, 6) is 1.06. The minimum Gasteiger partial charge on any atom is -0.490 e. The molecule has 2 nitrogen and oxygen atoms in total. The molecule has 1 aliphatic rings. The zero-order chi connectivity index (χ0) is 10.8. The molecule has 0 fully saturated rings. The van der Waals surface area contributed by atoms with Gasteiger partial charge in [-0.05, 0) is 50.3 Å². The molecule has 2 N–H and O–H groups in total. The smallest absolute Gasteiger partial charge is 0.123 e. The molecule has 0 spiro atoms. The molecule has 1 aromatic carbocycles. The van der Waals surface area contributed by atoms with Gasteiger partial charge in [0.25, 0.3) is 0 Å². The second-order valence-corrected chi connectivity index (χ2v) is 4.54. The Bertz CT molecular complexity index is 346. The predicted molar refractivity (Wildman–Crippen MR) is 62.2 cm³/mol. The number of ether oxygens (including phenoxy) is 1. The van der Waals surface area contributed by atoms with Crippen molar-refractivity contribution in [3.63, 3.8) is 0 Å². The Balaban J connectivity index is 2.29. The lowest BCUT2D eigenvalue weighted by molar-refractivity contribution is 0.192. The van der Waals surface area contributed by atoms with Crippen molar-refractivity contribution in [1.29, 1.82) is 0 Å². The van der Waals surface area contributed by atoms with Gasteiger partial charge < -0.3 is 10.5 Å². The monoisotopic (exact) mass is 205 g/mol. The third-order valence-corrected chi connectivity index (χ3v) is 2.90. The van der Waals surface area contributed by atoms with Crippen LogP contribution in [0.5, 0.6) is 5.75 Å². The highest BCUT2D eigenvalue weighted by Gasteiger charge is 2.18. The number of benzene rings is 1. The highest BCUT2D eigenvalue weighted by Crippen LogP contribution is 2.30. The van der Waals surface area contributed by atoms with E-state index in [4.69, 9.17) is 10.5 Å². The zero-order valence-corrected chi connectivity index (χ0v) is 9.49. The normalized spacial score (nSPS) is 21.7. The largest absolute Gasteiger partial charge is 0.490 e. The molecule has 1 aliphatic heterocycles. The van der Waals surface area contributed by atoms with E-state index in [0.717, 1.165) is 25.0 Å². The fourth-order valence-electron chi connectivity index (χ4n) is 2.17. The summed E-state index contributed by atoms with van der Waals surface area (Å²) in [6.07, 6.45) is 3.53. The van der Waals surface area contributed by atoms with Crippen LogP contribution in [0.2, 0.25) is 0 Å².